The molecule has 2 atom stereocenters. The van der Waals surface area contributed by atoms with Crippen molar-refractivity contribution in [2.24, 2.45) is 0 Å². The highest BCUT2D eigenvalue weighted by molar-refractivity contribution is 5.94. The van der Waals surface area contributed by atoms with Crippen LogP contribution in [0.3, 0.4) is 0 Å². The smallest absolute Gasteiger partial charge is 0.246 e. The van der Waals surface area contributed by atoms with Crippen LogP contribution in [0.15, 0.2) is 48.5 Å². The van der Waals surface area contributed by atoms with Crippen LogP contribution in [0.2, 0.25) is 0 Å². The first kappa shape index (κ1) is 23.5. The Morgan fingerprint density at radius 3 is 2.34 bits per heavy atom. The van der Waals surface area contributed by atoms with Crippen LogP contribution in [0.5, 0.6) is 0 Å². The molecule has 184 valence electrons. The molecule has 8 nitrogen and oxygen atoms in total. The SMILES string of the molecule is CCC(=O)N1CCC2CCCC(CN(C(=O)Cn3nc4ccccc4n3)Cc3ccccc31)N2C. The molecule has 8 heteroatoms. The van der Waals surface area contributed by atoms with Crippen LogP contribution in [0.25, 0.3) is 11.0 Å². The summed E-state index contributed by atoms with van der Waals surface area (Å²) >= 11 is 0. The fourth-order valence-corrected chi connectivity index (χ4v) is 5.53. The van der Waals surface area contributed by atoms with E-state index in [0.29, 0.717) is 38.1 Å². The van der Waals surface area contributed by atoms with E-state index in [1.807, 2.05) is 65.3 Å². The van der Waals surface area contributed by atoms with Crippen molar-refractivity contribution in [1.29, 1.82) is 0 Å². The van der Waals surface area contributed by atoms with Crippen LogP contribution in [0.1, 0.15) is 44.6 Å². The number of anilines is 1. The fourth-order valence-electron chi connectivity index (χ4n) is 5.53. The lowest BCUT2D eigenvalue weighted by Crippen LogP contribution is -2.51. The average molecular weight is 475 g/mol. The summed E-state index contributed by atoms with van der Waals surface area (Å²) in [7, 11) is 2.18. The third-order valence-corrected chi connectivity index (χ3v) is 7.55. The minimum absolute atomic E-state index is 0.0109. The zero-order chi connectivity index (χ0) is 24.4. The molecule has 5 rings (SSSR count). The molecule has 3 aromatic rings. The van der Waals surface area contributed by atoms with Gasteiger partial charge in [0.2, 0.25) is 11.8 Å². The number of carbonyl (C=O) groups is 2. The quantitative estimate of drug-likeness (QED) is 0.581. The molecule has 1 aromatic heterocycles. The molecule has 0 N–H and O–H groups in total. The number of hydrogen-bond donors (Lipinski definition) is 0. The minimum Gasteiger partial charge on any atom is -0.335 e. The lowest BCUT2D eigenvalue weighted by atomic mass is 9.93. The topological polar surface area (TPSA) is 74.6 Å². The van der Waals surface area contributed by atoms with Crippen molar-refractivity contribution in [2.45, 2.75) is 64.2 Å². The minimum atomic E-state index is -0.0109. The molecule has 0 aliphatic carbocycles. The number of rotatable bonds is 3. The van der Waals surface area contributed by atoms with E-state index in [0.717, 1.165) is 48.0 Å². The van der Waals surface area contributed by atoms with Crippen molar-refractivity contribution in [3.8, 4) is 0 Å². The Labute approximate surface area is 206 Å². The Morgan fingerprint density at radius 2 is 1.60 bits per heavy atom. The van der Waals surface area contributed by atoms with Gasteiger partial charge in [-0.25, -0.2) is 0 Å². The second-order valence-corrected chi connectivity index (χ2v) is 9.71. The monoisotopic (exact) mass is 474 g/mol. The van der Waals surface area contributed by atoms with Gasteiger partial charge in [-0.2, -0.15) is 15.0 Å². The highest BCUT2D eigenvalue weighted by Gasteiger charge is 2.32. The second-order valence-electron chi connectivity index (χ2n) is 9.71. The molecule has 2 bridgehead atoms. The summed E-state index contributed by atoms with van der Waals surface area (Å²) in [6, 6.07) is 16.4. The second kappa shape index (κ2) is 10.2. The maximum atomic E-state index is 13.7. The number of benzene rings is 2. The number of piperidine rings is 1. The number of likely N-dealkylation sites (N-methyl/N-ethyl adjacent to an activating group) is 1. The lowest BCUT2D eigenvalue weighted by molar-refractivity contribution is -0.134. The fraction of sp³-hybridized carbons (Fsp3) is 0.481. The largest absolute Gasteiger partial charge is 0.335 e. The average Bonchev–Trinajstić information content (AvgIpc) is 3.27. The maximum absolute atomic E-state index is 13.7. The predicted molar refractivity (Wildman–Crippen MR) is 136 cm³/mol. The van der Waals surface area contributed by atoms with Gasteiger partial charge < -0.3 is 9.80 Å². The number of fused-ring (bicyclic) bond motifs is 4. The summed E-state index contributed by atoms with van der Waals surface area (Å²) < 4.78 is 0. The number of amides is 2. The zero-order valence-electron chi connectivity index (χ0n) is 20.6. The molecule has 2 aromatic carbocycles. The van der Waals surface area contributed by atoms with E-state index in [2.05, 4.69) is 22.1 Å². The Bertz CT molecular complexity index is 1170. The van der Waals surface area contributed by atoms with Crippen molar-refractivity contribution >= 4 is 28.5 Å². The molecule has 2 unspecified atom stereocenters. The van der Waals surface area contributed by atoms with Crippen LogP contribution in [-0.4, -0.2) is 68.8 Å². The Morgan fingerprint density at radius 1 is 0.914 bits per heavy atom. The highest BCUT2D eigenvalue weighted by atomic mass is 16.2. The predicted octanol–water partition coefficient (Wildman–Crippen LogP) is 3.46. The number of nitrogens with zero attached hydrogens (tertiary/aromatic N) is 6. The van der Waals surface area contributed by atoms with Gasteiger partial charge in [0.1, 0.15) is 17.6 Å². The molecule has 2 aliphatic heterocycles. The molecular weight excluding hydrogens is 440 g/mol. The number of carbonyl (C=O) groups excluding carboxylic acids is 2. The maximum Gasteiger partial charge on any atom is 0.246 e. The van der Waals surface area contributed by atoms with Gasteiger partial charge in [-0.15, -0.1) is 0 Å². The highest BCUT2D eigenvalue weighted by Crippen LogP contribution is 2.30. The molecule has 2 aliphatic rings. The summed E-state index contributed by atoms with van der Waals surface area (Å²) in [5.41, 5.74) is 3.48. The molecule has 0 spiro atoms. The lowest BCUT2D eigenvalue weighted by Gasteiger charge is -2.41. The van der Waals surface area contributed by atoms with Gasteiger partial charge in [0.25, 0.3) is 0 Å². The van der Waals surface area contributed by atoms with Gasteiger partial charge in [0.05, 0.1) is 0 Å². The zero-order valence-corrected chi connectivity index (χ0v) is 20.6. The third kappa shape index (κ3) is 4.93. The third-order valence-electron chi connectivity index (χ3n) is 7.55. The first-order valence-corrected chi connectivity index (χ1v) is 12.7. The number of hydrogen-bond acceptors (Lipinski definition) is 5. The van der Waals surface area contributed by atoms with E-state index in [1.165, 1.54) is 4.80 Å². The first-order chi connectivity index (χ1) is 17.0. The molecule has 0 saturated carbocycles. The van der Waals surface area contributed by atoms with Crippen LogP contribution >= 0.6 is 0 Å². The van der Waals surface area contributed by atoms with E-state index >= 15 is 0 Å². The van der Waals surface area contributed by atoms with Crippen LogP contribution in [0, 0.1) is 0 Å². The molecule has 3 heterocycles. The van der Waals surface area contributed by atoms with Gasteiger partial charge in [-0.3, -0.25) is 14.5 Å². The van der Waals surface area contributed by atoms with Crippen molar-refractivity contribution in [2.75, 3.05) is 25.0 Å². The molecular formula is C27H34N6O2. The van der Waals surface area contributed by atoms with E-state index in [4.69, 9.17) is 0 Å². The van der Waals surface area contributed by atoms with Gasteiger partial charge in [0, 0.05) is 43.8 Å². The van der Waals surface area contributed by atoms with E-state index < -0.39 is 0 Å². The number of aromatic nitrogens is 3. The standard InChI is InChI=1S/C27H34N6O2/c1-3-26(34)32-16-15-21-10-8-11-22(30(21)2)18-31(17-20-9-4-7-14-25(20)32)27(35)19-33-28-23-12-5-6-13-24(23)29-33/h4-7,9,12-14,21-22H,3,8,10-11,15-19H2,1-2H3. The van der Waals surface area contributed by atoms with Crippen LogP contribution in [0.4, 0.5) is 5.69 Å². The summed E-state index contributed by atoms with van der Waals surface area (Å²) in [6.45, 7) is 3.81. The van der Waals surface area contributed by atoms with Crippen LogP contribution < -0.4 is 4.90 Å². The number of para-hydroxylation sites is 1. The van der Waals surface area contributed by atoms with Gasteiger partial charge >= 0.3 is 0 Å². The van der Waals surface area contributed by atoms with Gasteiger partial charge in [-0.05, 0) is 50.1 Å². The molecule has 35 heavy (non-hydrogen) atoms. The Balaban J connectivity index is 1.48. The van der Waals surface area contributed by atoms with Crippen molar-refractivity contribution in [1.82, 2.24) is 24.8 Å². The van der Waals surface area contributed by atoms with E-state index in [1.54, 1.807) is 0 Å². The van der Waals surface area contributed by atoms with E-state index in [9.17, 15) is 9.59 Å². The molecule has 1 fully saturated rings. The molecule has 2 amide bonds. The summed E-state index contributed by atoms with van der Waals surface area (Å²) in [5, 5.41) is 9.00. The summed E-state index contributed by atoms with van der Waals surface area (Å²) in [6.07, 6.45) is 4.73. The first-order valence-electron chi connectivity index (χ1n) is 12.7. The van der Waals surface area contributed by atoms with Crippen molar-refractivity contribution < 1.29 is 9.59 Å². The van der Waals surface area contributed by atoms with Crippen molar-refractivity contribution in [3.63, 3.8) is 0 Å². The van der Waals surface area contributed by atoms with Gasteiger partial charge in [-0.1, -0.05) is 43.7 Å². The normalized spacial score (nSPS) is 21.4. The Kier molecular flexibility index (Phi) is 6.81. The molecule has 1 saturated heterocycles. The van der Waals surface area contributed by atoms with Gasteiger partial charge in [0.15, 0.2) is 0 Å². The summed E-state index contributed by atoms with van der Waals surface area (Å²) in [5.74, 6) is 0.111. The van der Waals surface area contributed by atoms with E-state index in [-0.39, 0.29) is 18.4 Å². The molecule has 0 radical (unpaired) electrons. The van der Waals surface area contributed by atoms with Crippen LogP contribution in [-0.2, 0) is 22.7 Å². The Hall–Kier alpha value is -3.26. The summed E-state index contributed by atoms with van der Waals surface area (Å²) in [4.78, 5) is 34.5. The van der Waals surface area contributed by atoms with Crippen molar-refractivity contribution in [3.05, 3.63) is 54.1 Å².